The van der Waals surface area contributed by atoms with Gasteiger partial charge < -0.3 is 9.94 Å². The Hall–Kier alpha value is -1.71. The normalized spacial score (nSPS) is 10.8. The van der Waals surface area contributed by atoms with E-state index in [1.54, 1.807) is 18.2 Å². The number of benzene rings is 2. The van der Waals surface area contributed by atoms with Crippen molar-refractivity contribution < 1.29 is 9.94 Å². The van der Waals surface area contributed by atoms with Crippen LogP contribution in [0.2, 0.25) is 10.0 Å². The molecule has 3 nitrogen and oxygen atoms in total. The van der Waals surface area contributed by atoms with Gasteiger partial charge in [0.25, 0.3) is 0 Å². The summed E-state index contributed by atoms with van der Waals surface area (Å²) >= 11 is 11.8. The van der Waals surface area contributed by atoms with Crippen LogP contribution >= 0.6 is 23.2 Å². The number of halogens is 2. The minimum absolute atomic E-state index is 0.386. The third-order valence-corrected chi connectivity index (χ3v) is 3.19. The van der Waals surface area contributed by atoms with E-state index in [-0.39, 0.29) is 0 Å². The lowest BCUT2D eigenvalue weighted by molar-refractivity contribution is 0.306. The van der Waals surface area contributed by atoms with Crippen LogP contribution in [0.3, 0.4) is 0 Å². The zero-order valence-electron chi connectivity index (χ0n) is 9.88. The van der Waals surface area contributed by atoms with Gasteiger partial charge in [-0.25, -0.2) is 0 Å². The van der Waals surface area contributed by atoms with E-state index in [2.05, 4.69) is 5.16 Å². The summed E-state index contributed by atoms with van der Waals surface area (Å²) in [5.74, 6) is 0.684. The second-order valence-corrected chi connectivity index (χ2v) is 4.67. The van der Waals surface area contributed by atoms with Gasteiger partial charge in [0.05, 0.1) is 16.3 Å². The number of hydrogen-bond acceptors (Lipinski definition) is 3. The molecule has 0 atom stereocenters. The molecule has 98 valence electrons. The number of oxime groups is 1. The maximum absolute atomic E-state index is 8.48. The Morgan fingerprint density at radius 3 is 2.68 bits per heavy atom. The molecule has 5 heteroatoms. The fraction of sp³-hybridized carbons (Fsp3) is 0.0714. The highest BCUT2D eigenvalue weighted by molar-refractivity contribution is 6.42. The summed E-state index contributed by atoms with van der Waals surface area (Å²) in [6.07, 6.45) is 1.34. The van der Waals surface area contributed by atoms with Crippen molar-refractivity contribution in [2.45, 2.75) is 6.61 Å². The Morgan fingerprint density at radius 1 is 1.11 bits per heavy atom. The van der Waals surface area contributed by atoms with E-state index in [1.807, 2.05) is 24.3 Å². The summed E-state index contributed by atoms with van der Waals surface area (Å²) in [7, 11) is 0. The first-order valence-electron chi connectivity index (χ1n) is 5.53. The Kier molecular flexibility index (Phi) is 4.66. The Bertz CT molecular complexity index is 600. The third-order valence-electron chi connectivity index (χ3n) is 2.45. The topological polar surface area (TPSA) is 41.8 Å². The SMILES string of the molecule is O/N=C/c1cccc(OCc2ccc(Cl)c(Cl)c2)c1. The van der Waals surface area contributed by atoms with Crippen LogP contribution in [-0.2, 0) is 6.61 Å². The van der Waals surface area contributed by atoms with Crippen molar-refractivity contribution in [2.75, 3.05) is 0 Å². The van der Waals surface area contributed by atoms with E-state index < -0.39 is 0 Å². The lowest BCUT2D eigenvalue weighted by Gasteiger charge is -2.07. The van der Waals surface area contributed by atoms with Crippen LogP contribution in [0.4, 0.5) is 0 Å². The maximum Gasteiger partial charge on any atom is 0.120 e. The predicted molar refractivity (Wildman–Crippen MR) is 76.6 cm³/mol. The van der Waals surface area contributed by atoms with Gasteiger partial charge in [-0.2, -0.15) is 0 Å². The molecule has 0 unspecified atom stereocenters. The van der Waals surface area contributed by atoms with Gasteiger partial charge >= 0.3 is 0 Å². The van der Waals surface area contributed by atoms with Crippen LogP contribution in [0.15, 0.2) is 47.6 Å². The molecule has 0 saturated carbocycles. The highest BCUT2D eigenvalue weighted by Crippen LogP contribution is 2.23. The quantitative estimate of drug-likeness (QED) is 0.517. The summed E-state index contributed by atoms with van der Waals surface area (Å²) in [6, 6.07) is 12.6. The molecule has 0 heterocycles. The number of hydrogen-bond donors (Lipinski definition) is 1. The molecule has 0 aliphatic heterocycles. The summed E-state index contributed by atoms with van der Waals surface area (Å²) in [5, 5.41) is 12.5. The van der Waals surface area contributed by atoms with Gasteiger partial charge in [-0.3, -0.25) is 0 Å². The Morgan fingerprint density at radius 2 is 1.95 bits per heavy atom. The van der Waals surface area contributed by atoms with Crippen molar-refractivity contribution in [3.63, 3.8) is 0 Å². The van der Waals surface area contributed by atoms with Crippen LogP contribution in [0, 0.1) is 0 Å². The zero-order chi connectivity index (χ0) is 13.7. The standard InChI is InChI=1S/C14H11Cl2NO2/c15-13-5-4-11(7-14(13)16)9-19-12-3-1-2-10(6-12)8-17-18/h1-8,18H,9H2/b17-8+. The lowest BCUT2D eigenvalue weighted by atomic mass is 10.2. The fourth-order valence-electron chi connectivity index (χ4n) is 1.55. The highest BCUT2D eigenvalue weighted by Gasteiger charge is 2.01. The van der Waals surface area contributed by atoms with Crippen LogP contribution in [-0.4, -0.2) is 11.4 Å². The average Bonchev–Trinajstić information content (AvgIpc) is 2.41. The van der Waals surface area contributed by atoms with Gasteiger partial charge in [0.15, 0.2) is 0 Å². The Balaban J connectivity index is 2.05. The number of ether oxygens (including phenoxy) is 1. The predicted octanol–water partition coefficient (Wildman–Crippen LogP) is 4.38. The first-order valence-corrected chi connectivity index (χ1v) is 6.29. The van der Waals surface area contributed by atoms with Crippen molar-refractivity contribution >= 4 is 29.4 Å². The van der Waals surface area contributed by atoms with E-state index in [1.165, 1.54) is 6.21 Å². The van der Waals surface area contributed by atoms with Gasteiger partial charge in [0, 0.05) is 0 Å². The molecule has 0 saturated heterocycles. The monoisotopic (exact) mass is 295 g/mol. The molecule has 2 aromatic carbocycles. The first kappa shape index (κ1) is 13.7. The molecule has 0 spiro atoms. The molecule has 2 aromatic rings. The zero-order valence-corrected chi connectivity index (χ0v) is 11.4. The molecule has 0 bridgehead atoms. The maximum atomic E-state index is 8.48. The van der Waals surface area contributed by atoms with E-state index in [0.29, 0.717) is 22.4 Å². The van der Waals surface area contributed by atoms with Crippen molar-refractivity contribution in [2.24, 2.45) is 5.16 Å². The van der Waals surface area contributed by atoms with Gasteiger partial charge in [0.2, 0.25) is 0 Å². The van der Waals surface area contributed by atoms with Gasteiger partial charge in [0.1, 0.15) is 12.4 Å². The summed E-state index contributed by atoms with van der Waals surface area (Å²) in [6.45, 7) is 0.386. The third kappa shape index (κ3) is 3.88. The van der Waals surface area contributed by atoms with Crippen LogP contribution in [0.1, 0.15) is 11.1 Å². The average molecular weight is 296 g/mol. The minimum atomic E-state index is 0.386. The van der Waals surface area contributed by atoms with Crippen LogP contribution in [0.5, 0.6) is 5.75 Å². The van der Waals surface area contributed by atoms with E-state index >= 15 is 0 Å². The minimum Gasteiger partial charge on any atom is -0.489 e. The van der Waals surface area contributed by atoms with Gasteiger partial charge in [-0.05, 0) is 35.4 Å². The second kappa shape index (κ2) is 6.45. The molecule has 0 radical (unpaired) electrons. The van der Waals surface area contributed by atoms with Crippen LogP contribution < -0.4 is 4.74 Å². The van der Waals surface area contributed by atoms with Gasteiger partial charge in [-0.1, -0.05) is 46.6 Å². The van der Waals surface area contributed by atoms with E-state index in [4.69, 9.17) is 33.1 Å². The Labute approximate surface area is 121 Å². The fourth-order valence-corrected chi connectivity index (χ4v) is 1.87. The lowest BCUT2D eigenvalue weighted by Crippen LogP contribution is -1.96. The second-order valence-electron chi connectivity index (χ2n) is 3.85. The van der Waals surface area contributed by atoms with Crippen LogP contribution in [0.25, 0.3) is 0 Å². The van der Waals surface area contributed by atoms with E-state index in [9.17, 15) is 0 Å². The molecule has 0 fully saturated rings. The molecule has 0 amide bonds. The van der Waals surface area contributed by atoms with Crippen molar-refractivity contribution in [1.29, 1.82) is 0 Å². The van der Waals surface area contributed by atoms with E-state index in [0.717, 1.165) is 11.1 Å². The first-order chi connectivity index (χ1) is 9.19. The van der Waals surface area contributed by atoms with Gasteiger partial charge in [-0.15, -0.1) is 0 Å². The highest BCUT2D eigenvalue weighted by atomic mass is 35.5. The molecule has 19 heavy (non-hydrogen) atoms. The number of rotatable bonds is 4. The van der Waals surface area contributed by atoms with Crippen molar-refractivity contribution in [1.82, 2.24) is 0 Å². The summed E-state index contributed by atoms with van der Waals surface area (Å²) in [5.41, 5.74) is 1.68. The largest absolute Gasteiger partial charge is 0.489 e. The molecule has 1 N–H and O–H groups in total. The summed E-state index contributed by atoms with van der Waals surface area (Å²) < 4.78 is 5.63. The van der Waals surface area contributed by atoms with Crippen molar-refractivity contribution in [3.05, 3.63) is 63.6 Å². The molecule has 0 aliphatic carbocycles. The molecule has 2 rings (SSSR count). The molecular formula is C14H11Cl2NO2. The molecule has 0 aromatic heterocycles. The summed E-state index contributed by atoms with van der Waals surface area (Å²) in [4.78, 5) is 0. The van der Waals surface area contributed by atoms with Crippen molar-refractivity contribution in [3.8, 4) is 5.75 Å². The molecule has 0 aliphatic rings. The smallest absolute Gasteiger partial charge is 0.120 e. The molecular weight excluding hydrogens is 285 g/mol. The number of nitrogens with zero attached hydrogens (tertiary/aromatic N) is 1.